The van der Waals surface area contributed by atoms with Crippen molar-refractivity contribution < 1.29 is 4.74 Å². The third kappa shape index (κ3) is 9.69. The van der Waals surface area contributed by atoms with Gasteiger partial charge in [-0.1, -0.05) is 95.8 Å². The fraction of sp³-hybridized carbons (Fsp3) is 0.727. The second-order valence-corrected chi connectivity index (χ2v) is 6.96. The molecule has 1 heteroatoms. The Morgan fingerprint density at radius 2 is 1.09 bits per heavy atom. The topological polar surface area (TPSA) is 9.23 Å². The Bertz CT molecular complexity index is 377. The fourth-order valence-corrected chi connectivity index (χ4v) is 3.14. The van der Waals surface area contributed by atoms with Crippen molar-refractivity contribution in [3.8, 4) is 5.75 Å². The lowest BCUT2D eigenvalue weighted by Crippen LogP contribution is -2.00. The van der Waals surface area contributed by atoms with Crippen LogP contribution in [-0.2, 0) is 0 Å². The lowest BCUT2D eigenvalue weighted by molar-refractivity contribution is 0.300. The minimum absolute atomic E-state index is 0.864. The van der Waals surface area contributed by atoms with Crippen molar-refractivity contribution in [2.45, 2.75) is 97.8 Å². The highest BCUT2D eigenvalue weighted by molar-refractivity contribution is 5.39. The molecule has 1 aromatic rings. The molecule has 132 valence electrons. The molecule has 0 unspecified atom stereocenters. The summed E-state index contributed by atoms with van der Waals surface area (Å²) in [5.41, 5.74) is 2.51. The molecule has 0 N–H and O–H groups in total. The van der Waals surface area contributed by atoms with Gasteiger partial charge in [-0.3, -0.25) is 0 Å². The number of aryl methyl sites for hydroxylation is 2. The van der Waals surface area contributed by atoms with Gasteiger partial charge in [0.1, 0.15) is 5.75 Å². The predicted octanol–water partition coefficient (Wildman–Crippen LogP) is 7.38. The first-order valence-electron chi connectivity index (χ1n) is 9.94. The first-order chi connectivity index (χ1) is 11.3. The smallest absolute Gasteiger partial charge is 0.125 e. The number of hydrogen-bond acceptors (Lipinski definition) is 1. The van der Waals surface area contributed by atoms with E-state index in [2.05, 4.69) is 39.0 Å². The number of benzene rings is 1. The van der Waals surface area contributed by atoms with Gasteiger partial charge in [-0.25, -0.2) is 0 Å². The zero-order valence-corrected chi connectivity index (χ0v) is 15.8. The molecule has 0 aliphatic rings. The van der Waals surface area contributed by atoms with Crippen molar-refractivity contribution in [1.82, 2.24) is 0 Å². The Labute approximate surface area is 144 Å². The Hall–Kier alpha value is -0.980. The lowest BCUT2D eigenvalue weighted by atomic mass is 10.1. The van der Waals surface area contributed by atoms with E-state index >= 15 is 0 Å². The normalized spacial score (nSPS) is 10.9. The molecule has 0 saturated carbocycles. The summed E-state index contributed by atoms with van der Waals surface area (Å²) in [5.74, 6) is 1.09. The van der Waals surface area contributed by atoms with E-state index in [9.17, 15) is 0 Å². The van der Waals surface area contributed by atoms with E-state index in [-0.39, 0.29) is 0 Å². The van der Waals surface area contributed by atoms with Crippen molar-refractivity contribution in [3.63, 3.8) is 0 Å². The van der Waals surface area contributed by atoms with Crippen molar-refractivity contribution >= 4 is 0 Å². The molecule has 23 heavy (non-hydrogen) atoms. The quantitative estimate of drug-likeness (QED) is 0.325. The molecule has 0 fully saturated rings. The number of unbranched alkanes of at least 4 members (excludes halogenated alkanes) is 11. The number of hydrogen-bond donors (Lipinski definition) is 0. The van der Waals surface area contributed by atoms with Crippen LogP contribution < -0.4 is 4.74 Å². The second kappa shape index (κ2) is 13.5. The lowest BCUT2D eigenvalue weighted by Gasteiger charge is -2.11. The molecule has 0 aliphatic heterocycles. The van der Waals surface area contributed by atoms with Gasteiger partial charge in [0.05, 0.1) is 6.61 Å². The van der Waals surface area contributed by atoms with Crippen LogP contribution in [0.15, 0.2) is 18.2 Å². The van der Waals surface area contributed by atoms with Gasteiger partial charge in [-0.2, -0.15) is 0 Å². The van der Waals surface area contributed by atoms with Crippen LogP contribution in [-0.4, -0.2) is 6.61 Å². The SMILES string of the molecule is CCCCCCCCCCCCCCOc1c(C)cccc1C. The fourth-order valence-electron chi connectivity index (χ4n) is 3.14. The molecular formula is C22H38O. The maximum absolute atomic E-state index is 5.96. The summed E-state index contributed by atoms with van der Waals surface area (Å²) < 4.78 is 5.96. The van der Waals surface area contributed by atoms with Gasteiger partial charge < -0.3 is 4.74 Å². The first kappa shape index (κ1) is 20.1. The third-order valence-corrected chi connectivity index (χ3v) is 4.65. The summed E-state index contributed by atoms with van der Waals surface area (Å²) in [6.45, 7) is 7.41. The minimum Gasteiger partial charge on any atom is -0.493 e. The van der Waals surface area contributed by atoms with Crippen LogP contribution in [0.4, 0.5) is 0 Å². The Kier molecular flexibility index (Phi) is 11.7. The molecule has 0 aromatic heterocycles. The average molecular weight is 319 g/mol. The van der Waals surface area contributed by atoms with Crippen LogP contribution >= 0.6 is 0 Å². The van der Waals surface area contributed by atoms with Gasteiger partial charge in [-0.05, 0) is 31.4 Å². The van der Waals surface area contributed by atoms with Crippen LogP contribution in [0.1, 0.15) is 95.1 Å². The van der Waals surface area contributed by atoms with Gasteiger partial charge in [0.25, 0.3) is 0 Å². The minimum atomic E-state index is 0.864. The largest absolute Gasteiger partial charge is 0.493 e. The van der Waals surface area contributed by atoms with E-state index < -0.39 is 0 Å². The van der Waals surface area contributed by atoms with Crippen molar-refractivity contribution in [2.24, 2.45) is 0 Å². The van der Waals surface area contributed by atoms with Crippen LogP contribution in [0.5, 0.6) is 5.75 Å². The molecule has 0 aliphatic carbocycles. The molecule has 0 spiro atoms. The molecule has 0 heterocycles. The Balaban J connectivity index is 1.88. The predicted molar refractivity (Wildman–Crippen MR) is 102 cm³/mol. The van der Waals surface area contributed by atoms with Gasteiger partial charge >= 0.3 is 0 Å². The molecule has 0 atom stereocenters. The summed E-state index contributed by atoms with van der Waals surface area (Å²) in [4.78, 5) is 0. The zero-order chi connectivity index (χ0) is 16.8. The highest BCUT2D eigenvalue weighted by Crippen LogP contribution is 2.22. The summed E-state index contributed by atoms with van der Waals surface area (Å²) >= 11 is 0. The molecule has 0 saturated heterocycles. The Morgan fingerprint density at radius 3 is 1.57 bits per heavy atom. The van der Waals surface area contributed by atoms with Crippen molar-refractivity contribution in [2.75, 3.05) is 6.61 Å². The monoisotopic (exact) mass is 318 g/mol. The van der Waals surface area contributed by atoms with E-state index in [1.807, 2.05) is 0 Å². The van der Waals surface area contributed by atoms with Crippen LogP contribution in [0.25, 0.3) is 0 Å². The summed E-state index contributed by atoms with van der Waals surface area (Å²) in [5, 5.41) is 0. The highest BCUT2D eigenvalue weighted by Gasteiger charge is 2.02. The summed E-state index contributed by atoms with van der Waals surface area (Å²) in [6, 6.07) is 6.36. The van der Waals surface area contributed by atoms with E-state index in [4.69, 9.17) is 4.74 Å². The zero-order valence-electron chi connectivity index (χ0n) is 15.8. The van der Waals surface area contributed by atoms with E-state index in [0.29, 0.717) is 0 Å². The molecule has 0 amide bonds. The number of ether oxygens (including phenoxy) is 1. The average Bonchev–Trinajstić information content (AvgIpc) is 2.54. The van der Waals surface area contributed by atoms with Gasteiger partial charge in [0.2, 0.25) is 0 Å². The Morgan fingerprint density at radius 1 is 0.652 bits per heavy atom. The molecule has 0 bridgehead atoms. The van der Waals surface area contributed by atoms with Crippen LogP contribution in [0, 0.1) is 13.8 Å². The van der Waals surface area contributed by atoms with Gasteiger partial charge in [0.15, 0.2) is 0 Å². The second-order valence-electron chi connectivity index (χ2n) is 6.96. The summed E-state index contributed by atoms with van der Waals surface area (Å²) in [7, 11) is 0. The van der Waals surface area contributed by atoms with Crippen molar-refractivity contribution in [1.29, 1.82) is 0 Å². The van der Waals surface area contributed by atoms with E-state index in [1.165, 1.54) is 88.2 Å². The van der Waals surface area contributed by atoms with Gasteiger partial charge in [-0.15, -0.1) is 0 Å². The molecular weight excluding hydrogens is 280 g/mol. The van der Waals surface area contributed by atoms with E-state index in [0.717, 1.165) is 12.4 Å². The van der Waals surface area contributed by atoms with E-state index in [1.54, 1.807) is 0 Å². The van der Waals surface area contributed by atoms with Gasteiger partial charge in [0, 0.05) is 0 Å². The molecule has 1 aromatic carbocycles. The molecule has 1 nitrogen and oxygen atoms in total. The van der Waals surface area contributed by atoms with Crippen LogP contribution in [0.3, 0.4) is 0 Å². The number of para-hydroxylation sites is 1. The first-order valence-corrected chi connectivity index (χ1v) is 9.94. The summed E-state index contributed by atoms with van der Waals surface area (Å²) in [6.07, 6.45) is 16.7. The third-order valence-electron chi connectivity index (χ3n) is 4.65. The van der Waals surface area contributed by atoms with Crippen molar-refractivity contribution in [3.05, 3.63) is 29.3 Å². The standard InChI is InChI=1S/C22H38O/c1-4-5-6-7-8-9-10-11-12-13-14-15-19-23-22-20(2)17-16-18-21(22)3/h16-18H,4-15,19H2,1-3H3. The molecule has 1 rings (SSSR count). The molecule has 0 radical (unpaired) electrons. The van der Waals surface area contributed by atoms with Crippen LogP contribution in [0.2, 0.25) is 0 Å². The maximum Gasteiger partial charge on any atom is 0.125 e. The number of rotatable bonds is 14. The highest BCUT2D eigenvalue weighted by atomic mass is 16.5. The maximum atomic E-state index is 5.96.